The maximum Gasteiger partial charge on any atom is 0.416 e. The van der Waals surface area contributed by atoms with Crippen LogP contribution >= 0.6 is 11.6 Å². The molecular weight excluding hydrogens is 753 g/mol. The molecule has 2 aliphatic heterocycles. The van der Waals surface area contributed by atoms with E-state index < -0.39 is 93.6 Å². The van der Waals surface area contributed by atoms with E-state index in [1.54, 1.807) is 6.08 Å². The number of phenolic OH excluding ortho intramolecular Hbond substituents is 1. The van der Waals surface area contributed by atoms with Gasteiger partial charge in [0.25, 0.3) is 0 Å². The summed E-state index contributed by atoms with van der Waals surface area (Å²) in [5.41, 5.74) is -5.59. The zero-order chi connectivity index (χ0) is 39.4. The molecule has 0 spiro atoms. The molecule has 1 N–H and O–H groups in total. The molecule has 17 heteroatoms. The van der Waals surface area contributed by atoms with Gasteiger partial charge in [-0.15, -0.1) is 0 Å². The predicted octanol–water partition coefficient (Wildman–Crippen LogP) is 7.67. The van der Waals surface area contributed by atoms with Gasteiger partial charge in [0.05, 0.1) is 64.9 Å². The van der Waals surface area contributed by atoms with E-state index in [1.165, 1.54) is 39.3 Å². The van der Waals surface area contributed by atoms with Gasteiger partial charge in [0.2, 0.25) is 23.6 Å². The van der Waals surface area contributed by atoms with Gasteiger partial charge in [-0.25, -0.2) is 14.2 Å². The third kappa shape index (κ3) is 5.42. The number of hydrogen-bond donors (Lipinski definition) is 1. The zero-order valence-electron chi connectivity index (χ0n) is 28.3. The summed E-state index contributed by atoms with van der Waals surface area (Å²) in [5.74, 6) is -10.8. The number of phenols is 1. The van der Waals surface area contributed by atoms with Crippen molar-refractivity contribution in [2.75, 3.05) is 24.0 Å². The minimum Gasteiger partial charge on any atom is -0.508 e. The van der Waals surface area contributed by atoms with Crippen molar-refractivity contribution in [1.29, 1.82) is 0 Å². The molecule has 284 valence electrons. The van der Waals surface area contributed by atoms with Crippen molar-refractivity contribution in [3.63, 3.8) is 0 Å². The van der Waals surface area contributed by atoms with Crippen LogP contribution < -0.4 is 19.3 Å². The largest absolute Gasteiger partial charge is 0.508 e. The molecule has 4 aliphatic rings. The van der Waals surface area contributed by atoms with Gasteiger partial charge >= 0.3 is 12.4 Å². The molecule has 4 amide bonds. The second-order valence-electron chi connectivity index (χ2n) is 13.8. The SMILES string of the molecule is COc1cc(O)cc(OC)c1[C@H]1C2=CC[C@@H]3C(=O)N(c4cc(C(F)(F)F)cc(C(F)(F)F)c4)C(=O)[C@@H]3[C@@H]2C[C@H]2C(=O)N(c3ccc(F)c(Cl)c3)C(=O)[C@@]12C. The summed E-state index contributed by atoms with van der Waals surface area (Å²) in [5, 5.41) is 10.1. The van der Waals surface area contributed by atoms with Gasteiger partial charge in [-0.1, -0.05) is 23.3 Å². The van der Waals surface area contributed by atoms with Crippen molar-refractivity contribution in [3.8, 4) is 17.2 Å². The van der Waals surface area contributed by atoms with Crippen molar-refractivity contribution in [3.05, 3.63) is 87.7 Å². The fourth-order valence-corrected chi connectivity index (χ4v) is 8.90. The Bertz CT molecular complexity index is 2130. The minimum atomic E-state index is -5.26. The molecule has 0 unspecified atom stereocenters. The molecule has 2 aliphatic carbocycles. The molecule has 0 aromatic heterocycles. The Kier molecular flexibility index (Phi) is 8.59. The number of carbonyl (C=O) groups excluding carboxylic acids is 4. The number of benzene rings is 3. The highest BCUT2D eigenvalue weighted by molar-refractivity contribution is 6.32. The summed E-state index contributed by atoms with van der Waals surface area (Å²) in [6.07, 6.45) is -9.39. The molecule has 9 nitrogen and oxygen atoms in total. The quantitative estimate of drug-likeness (QED) is 0.161. The lowest BCUT2D eigenvalue weighted by molar-refractivity contribution is -0.143. The lowest BCUT2D eigenvalue weighted by Gasteiger charge is -2.49. The fourth-order valence-electron chi connectivity index (χ4n) is 8.73. The van der Waals surface area contributed by atoms with Gasteiger partial charge in [0.1, 0.15) is 23.1 Å². The Hall–Kier alpha value is -5.12. The molecule has 3 aromatic carbocycles. The number of alkyl halides is 6. The average molecular weight is 781 g/mol. The second kappa shape index (κ2) is 12.5. The zero-order valence-corrected chi connectivity index (χ0v) is 29.1. The normalized spacial score (nSPS) is 26.8. The van der Waals surface area contributed by atoms with E-state index in [0.717, 1.165) is 17.0 Å². The van der Waals surface area contributed by atoms with Crippen LogP contribution in [0.25, 0.3) is 0 Å². The van der Waals surface area contributed by atoms with E-state index in [1.807, 2.05) is 0 Å². The maximum atomic E-state index is 14.7. The van der Waals surface area contributed by atoms with Gasteiger partial charge in [-0.05, 0) is 62.1 Å². The molecular formula is C37H28ClF7N2O7. The fraction of sp³-hybridized carbons (Fsp3) is 0.351. The van der Waals surface area contributed by atoms with Crippen LogP contribution in [-0.4, -0.2) is 43.0 Å². The van der Waals surface area contributed by atoms with Gasteiger partial charge in [0, 0.05) is 23.6 Å². The highest BCUT2D eigenvalue weighted by atomic mass is 35.5. The van der Waals surface area contributed by atoms with E-state index in [9.17, 15) is 55.0 Å². The molecule has 6 atom stereocenters. The van der Waals surface area contributed by atoms with Crippen molar-refractivity contribution in [2.24, 2.45) is 29.1 Å². The van der Waals surface area contributed by atoms with Crippen LogP contribution in [0.5, 0.6) is 17.2 Å². The topological polar surface area (TPSA) is 113 Å². The van der Waals surface area contributed by atoms with Crippen LogP contribution in [0.4, 0.5) is 42.1 Å². The van der Waals surface area contributed by atoms with E-state index in [-0.39, 0.29) is 52.4 Å². The summed E-state index contributed by atoms with van der Waals surface area (Å²) in [4.78, 5) is 58.6. The Balaban J connectivity index is 1.41. The standard InChI is InChI=1S/C37H28ClF7N2O7/c1-35-23(32(50)47(34(35)52)17-4-7-25(39)24(38)11-17)14-22-20(30(35)29-26(53-2)12-19(48)13-27(29)54-3)5-6-21-28(22)33(51)46(31(21)49)18-9-15(36(40,41)42)8-16(10-18)37(43,44)45/h4-5,7-13,21-23,28,30,48H,6,14H2,1-3H3/t21-,22+,23-,28-,30+,35+/m0/s1. The first kappa shape index (κ1) is 37.2. The average Bonchev–Trinajstić information content (AvgIpc) is 3.47. The number of ether oxygens (including phenoxy) is 2. The first-order valence-corrected chi connectivity index (χ1v) is 16.8. The Labute approximate surface area is 306 Å². The van der Waals surface area contributed by atoms with Crippen molar-refractivity contribution in [1.82, 2.24) is 0 Å². The minimum absolute atomic E-state index is 0.0168. The number of allylic oxidation sites excluding steroid dienone is 2. The number of aromatic hydroxyl groups is 1. The predicted molar refractivity (Wildman–Crippen MR) is 176 cm³/mol. The van der Waals surface area contributed by atoms with E-state index >= 15 is 0 Å². The van der Waals surface area contributed by atoms with Crippen LogP contribution in [0.15, 0.2) is 60.2 Å². The number of halogens is 8. The summed E-state index contributed by atoms with van der Waals surface area (Å²) in [7, 11) is 2.55. The first-order valence-electron chi connectivity index (χ1n) is 16.4. The summed E-state index contributed by atoms with van der Waals surface area (Å²) < 4.78 is 108. The molecule has 0 bridgehead atoms. The second-order valence-corrected chi connectivity index (χ2v) is 14.2. The third-order valence-electron chi connectivity index (χ3n) is 11.1. The summed E-state index contributed by atoms with van der Waals surface area (Å²) in [6.45, 7) is 1.51. The lowest BCUT2D eigenvalue weighted by atomic mass is 9.51. The van der Waals surface area contributed by atoms with Gasteiger partial charge < -0.3 is 14.6 Å². The van der Waals surface area contributed by atoms with E-state index in [4.69, 9.17) is 21.1 Å². The Morgan fingerprint density at radius 2 is 1.39 bits per heavy atom. The van der Waals surface area contributed by atoms with E-state index in [0.29, 0.717) is 22.6 Å². The molecule has 7 rings (SSSR count). The monoisotopic (exact) mass is 780 g/mol. The number of imide groups is 2. The van der Waals surface area contributed by atoms with Gasteiger partial charge in [-0.3, -0.25) is 19.2 Å². The van der Waals surface area contributed by atoms with Crippen LogP contribution in [0.1, 0.15) is 42.4 Å². The van der Waals surface area contributed by atoms with Gasteiger partial charge in [0.15, 0.2) is 0 Å². The van der Waals surface area contributed by atoms with Crippen molar-refractivity contribution in [2.45, 2.75) is 38.0 Å². The Morgan fingerprint density at radius 1 is 0.796 bits per heavy atom. The number of amides is 4. The highest BCUT2D eigenvalue weighted by Crippen LogP contribution is 2.66. The molecule has 2 heterocycles. The summed E-state index contributed by atoms with van der Waals surface area (Å²) >= 11 is 6.03. The molecule has 3 aromatic rings. The van der Waals surface area contributed by atoms with Crippen molar-refractivity contribution >= 4 is 46.6 Å². The number of methoxy groups -OCH3 is 2. The van der Waals surface area contributed by atoms with E-state index in [2.05, 4.69) is 0 Å². The van der Waals surface area contributed by atoms with Crippen LogP contribution in [-0.2, 0) is 31.5 Å². The van der Waals surface area contributed by atoms with Gasteiger partial charge in [-0.2, -0.15) is 26.3 Å². The highest BCUT2D eigenvalue weighted by Gasteiger charge is 2.68. The summed E-state index contributed by atoms with van der Waals surface area (Å²) in [6, 6.07) is 6.20. The lowest BCUT2D eigenvalue weighted by Crippen LogP contribution is -2.49. The molecule has 54 heavy (non-hydrogen) atoms. The first-order chi connectivity index (χ1) is 25.2. The van der Waals surface area contributed by atoms with Crippen LogP contribution in [0.3, 0.4) is 0 Å². The van der Waals surface area contributed by atoms with Crippen LogP contribution in [0.2, 0.25) is 5.02 Å². The number of nitrogens with zero attached hydrogens (tertiary/aromatic N) is 2. The number of anilines is 2. The molecule has 2 saturated heterocycles. The smallest absolute Gasteiger partial charge is 0.416 e. The number of rotatable bonds is 5. The third-order valence-corrected chi connectivity index (χ3v) is 11.4. The molecule has 3 fully saturated rings. The maximum absolute atomic E-state index is 14.7. The number of carbonyl (C=O) groups is 4. The molecule has 1 saturated carbocycles. The molecule has 0 radical (unpaired) electrons. The number of hydrogen-bond acceptors (Lipinski definition) is 7. The Morgan fingerprint density at radius 3 is 1.93 bits per heavy atom. The number of fused-ring (bicyclic) bond motifs is 4. The van der Waals surface area contributed by atoms with Crippen LogP contribution in [0, 0.1) is 34.9 Å². The van der Waals surface area contributed by atoms with Crippen molar-refractivity contribution < 1.29 is 64.5 Å².